The summed E-state index contributed by atoms with van der Waals surface area (Å²) in [5, 5.41) is 10.4. The second-order valence-corrected chi connectivity index (χ2v) is 6.35. The molecule has 1 saturated carbocycles. The second kappa shape index (κ2) is 5.60. The maximum atomic E-state index is 11.6. The van der Waals surface area contributed by atoms with Crippen molar-refractivity contribution in [3.63, 3.8) is 0 Å². The molecular formula is C14H19N3O2S. The van der Waals surface area contributed by atoms with Crippen LogP contribution in [-0.4, -0.2) is 39.4 Å². The zero-order valence-electron chi connectivity index (χ0n) is 11.5. The normalized spacial score (nSPS) is 29.2. The Morgan fingerprint density at radius 2 is 2.20 bits per heavy atom. The van der Waals surface area contributed by atoms with Crippen molar-refractivity contribution in [3.05, 3.63) is 12.4 Å². The van der Waals surface area contributed by atoms with Crippen LogP contribution in [0.3, 0.4) is 0 Å². The lowest BCUT2D eigenvalue weighted by Crippen LogP contribution is -2.43. The largest absolute Gasteiger partial charge is 0.480 e. The maximum absolute atomic E-state index is 11.6. The van der Waals surface area contributed by atoms with E-state index >= 15 is 0 Å². The summed E-state index contributed by atoms with van der Waals surface area (Å²) in [6.45, 7) is 0. The summed E-state index contributed by atoms with van der Waals surface area (Å²) >= 11 is 1.56. The lowest BCUT2D eigenvalue weighted by molar-refractivity contribution is -0.138. The molecule has 108 valence electrons. The van der Waals surface area contributed by atoms with Crippen LogP contribution in [0.1, 0.15) is 32.1 Å². The van der Waals surface area contributed by atoms with Crippen molar-refractivity contribution in [1.29, 1.82) is 0 Å². The highest BCUT2D eigenvalue weighted by Crippen LogP contribution is 2.42. The summed E-state index contributed by atoms with van der Waals surface area (Å²) in [5.41, 5.74) is 0. The molecule has 1 N–H and O–H groups in total. The van der Waals surface area contributed by atoms with Crippen LogP contribution in [0.25, 0.3) is 0 Å². The van der Waals surface area contributed by atoms with Crippen LogP contribution < -0.4 is 4.90 Å². The monoisotopic (exact) mass is 293 g/mol. The Bertz CT molecular complexity index is 511. The molecule has 0 radical (unpaired) electrons. The highest BCUT2D eigenvalue weighted by Gasteiger charge is 2.45. The molecule has 1 aromatic heterocycles. The van der Waals surface area contributed by atoms with Crippen molar-refractivity contribution in [1.82, 2.24) is 9.97 Å². The van der Waals surface area contributed by atoms with Gasteiger partial charge in [0.25, 0.3) is 0 Å². The number of thioether (sulfide) groups is 1. The first-order valence-corrected chi connectivity index (χ1v) is 8.30. The lowest BCUT2D eigenvalue weighted by Gasteiger charge is -2.33. The fraction of sp³-hybridized carbons (Fsp3) is 0.643. The van der Waals surface area contributed by atoms with E-state index in [-0.39, 0.29) is 0 Å². The van der Waals surface area contributed by atoms with E-state index in [9.17, 15) is 9.90 Å². The Morgan fingerprint density at radius 1 is 1.40 bits per heavy atom. The number of fused-ring (bicyclic) bond motifs is 1. The zero-order valence-corrected chi connectivity index (χ0v) is 12.3. The van der Waals surface area contributed by atoms with Crippen LogP contribution in [0.4, 0.5) is 5.82 Å². The van der Waals surface area contributed by atoms with Gasteiger partial charge in [0.15, 0.2) is 0 Å². The number of carboxylic acid groups (broad SMARTS) is 1. The average Bonchev–Trinajstić information content (AvgIpc) is 2.87. The first-order chi connectivity index (χ1) is 9.70. The molecule has 6 heteroatoms. The number of nitrogens with zero attached hydrogens (tertiary/aromatic N) is 3. The smallest absolute Gasteiger partial charge is 0.326 e. The van der Waals surface area contributed by atoms with Crippen LogP contribution in [0.5, 0.6) is 0 Å². The third-order valence-electron chi connectivity index (χ3n) is 4.47. The number of carbonyl (C=O) groups is 1. The molecule has 3 unspecified atom stereocenters. The molecule has 1 aliphatic heterocycles. The molecule has 20 heavy (non-hydrogen) atoms. The van der Waals surface area contributed by atoms with Gasteiger partial charge in [-0.15, -0.1) is 11.8 Å². The Labute approximate surface area is 122 Å². The summed E-state index contributed by atoms with van der Waals surface area (Å²) in [6, 6.07) is 1.81. The van der Waals surface area contributed by atoms with Gasteiger partial charge in [0.1, 0.15) is 23.2 Å². The molecule has 0 bridgehead atoms. The predicted molar refractivity (Wildman–Crippen MR) is 78.1 cm³/mol. The summed E-state index contributed by atoms with van der Waals surface area (Å²) in [4.78, 5) is 22.1. The minimum atomic E-state index is -0.733. The summed E-state index contributed by atoms with van der Waals surface area (Å²) in [6.07, 6.45) is 8.88. The summed E-state index contributed by atoms with van der Waals surface area (Å²) in [7, 11) is 0. The highest BCUT2D eigenvalue weighted by molar-refractivity contribution is 7.98. The number of aromatic nitrogens is 2. The summed E-state index contributed by atoms with van der Waals surface area (Å²) in [5.74, 6) is 0.535. The molecule has 1 aliphatic carbocycles. The second-order valence-electron chi connectivity index (χ2n) is 5.53. The van der Waals surface area contributed by atoms with Gasteiger partial charge in [0, 0.05) is 12.1 Å². The van der Waals surface area contributed by atoms with Crippen LogP contribution in [0, 0.1) is 5.92 Å². The van der Waals surface area contributed by atoms with Crippen LogP contribution >= 0.6 is 11.8 Å². The third kappa shape index (κ3) is 2.37. The SMILES string of the molecule is CSc1cc(N2C(C(=O)O)CC3CCCCC32)ncn1. The molecule has 0 spiro atoms. The van der Waals surface area contributed by atoms with Crippen molar-refractivity contribution in [2.75, 3.05) is 11.2 Å². The maximum Gasteiger partial charge on any atom is 0.326 e. The molecule has 3 atom stereocenters. The van der Waals surface area contributed by atoms with Gasteiger partial charge in [0.2, 0.25) is 0 Å². The molecule has 1 aromatic rings. The number of rotatable bonds is 3. The van der Waals surface area contributed by atoms with Crippen molar-refractivity contribution in [2.45, 2.75) is 49.2 Å². The topological polar surface area (TPSA) is 66.3 Å². The van der Waals surface area contributed by atoms with Crippen LogP contribution in [0.15, 0.2) is 17.4 Å². The van der Waals surface area contributed by atoms with Crippen molar-refractivity contribution >= 4 is 23.5 Å². The van der Waals surface area contributed by atoms with E-state index in [1.807, 2.05) is 17.2 Å². The van der Waals surface area contributed by atoms with E-state index in [0.717, 1.165) is 30.1 Å². The fourth-order valence-corrected chi connectivity index (χ4v) is 3.97. The van der Waals surface area contributed by atoms with E-state index in [4.69, 9.17) is 0 Å². The number of aliphatic carboxylic acids is 1. The Kier molecular flexibility index (Phi) is 3.83. The van der Waals surface area contributed by atoms with E-state index < -0.39 is 12.0 Å². The third-order valence-corrected chi connectivity index (χ3v) is 5.12. The van der Waals surface area contributed by atoms with E-state index in [1.54, 1.807) is 11.8 Å². The molecule has 2 heterocycles. The van der Waals surface area contributed by atoms with Gasteiger partial charge in [0.05, 0.1) is 0 Å². The molecule has 2 aliphatic rings. The van der Waals surface area contributed by atoms with Crippen molar-refractivity contribution < 1.29 is 9.90 Å². The van der Waals surface area contributed by atoms with E-state index in [1.165, 1.54) is 19.2 Å². The standard InChI is InChI=1S/C14H19N3O2S/c1-20-13-7-12(15-8-16-13)17-10-5-3-2-4-9(10)6-11(17)14(18)19/h7-11H,2-6H2,1H3,(H,18,19). The minimum absolute atomic E-state index is 0.328. The lowest BCUT2D eigenvalue weighted by atomic mass is 9.85. The van der Waals surface area contributed by atoms with Gasteiger partial charge in [-0.2, -0.15) is 0 Å². The van der Waals surface area contributed by atoms with Gasteiger partial charge in [-0.1, -0.05) is 12.8 Å². The molecule has 5 nitrogen and oxygen atoms in total. The minimum Gasteiger partial charge on any atom is -0.480 e. The molecule has 0 amide bonds. The van der Waals surface area contributed by atoms with Crippen molar-refractivity contribution in [3.8, 4) is 0 Å². The molecule has 0 aromatic carbocycles. The van der Waals surface area contributed by atoms with Gasteiger partial charge in [-0.05, 0) is 31.4 Å². The zero-order chi connectivity index (χ0) is 14.1. The Hall–Kier alpha value is -1.30. The quantitative estimate of drug-likeness (QED) is 0.682. The number of anilines is 1. The van der Waals surface area contributed by atoms with E-state index in [0.29, 0.717) is 12.0 Å². The number of hydrogen-bond acceptors (Lipinski definition) is 5. The highest BCUT2D eigenvalue weighted by atomic mass is 32.2. The number of carboxylic acids is 1. The van der Waals surface area contributed by atoms with Crippen molar-refractivity contribution in [2.24, 2.45) is 5.92 Å². The first-order valence-electron chi connectivity index (χ1n) is 7.08. The molecular weight excluding hydrogens is 274 g/mol. The van der Waals surface area contributed by atoms with Gasteiger partial charge in [-0.25, -0.2) is 14.8 Å². The predicted octanol–water partition coefficient (Wildman–Crippen LogP) is 2.42. The van der Waals surface area contributed by atoms with E-state index in [2.05, 4.69) is 9.97 Å². The summed E-state index contributed by atoms with van der Waals surface area (Å²) < 4.78 is 0. The van der Waals surface area contributed by atoms with Gasteiger partial charge in [-0.3, -0.25) is 0 Å². The Balaban J connectivity index is 1.95. The fourth-order valence-electron chi connectivity index (χ4n) is 3.59. The Morgan fingerprint density at radius 3 is 2.95 bits per heavy atom. The first kappa shape index (κ1) is 13.7. The molecule has 3 rings (SSSR count). The molecule has 2 fully saturated rings. The number of hydrogen-bond donors (Lipinski definition) is 1. The van der Waals surface area contributed by atoms with Gasteiger partial charge >= 0.3 is 5.97 Å². The van der Waals surface area contributed by atoms with Gasteiger partial charge < -0.3 is 10.0 Å². The average molecular weight is 293 g/mol. The van der Waals surface area contributed by atoms with Crippen LogP contribution in [-0.2, 0) is 4.79 Å². The molecule has 1 saturated heterocycles. The van der Waals surface area contributed by atoms with Crippen LogP contribution in [0.2, 0.25) is 0 Å².